The Morgan fingerprint density at radius 3 is 1.51 bits per heavy atom. The number of aromatic hydroxyl groups is 1. The summed E-state index contributed by atoms with van der Waals surface area (Å²) in [6.07, 6.45) is -7.91. The number of unbranched alkanes of at least 4 members (excludes halogenated alkanes) is 1. The number of carboxylic acids is 4. The Hall–Kier alpha value is -14.7. The minimum atomic E-state index is -2.01. The number of nitrogens with one attached hydrogen (secondary N) is 18. The zero-order valence-electron chi connectivity index (χ0n) is 74.7. The fourth-order valence-corrected chi connectivity index (χ4v) is 14.8. The Bertz CT molecular complexity index is 4800. The van der Waals surface area contributed by atoms with Gasteiger partial charge in [0, 0.05) is 88.2 Å². The monoisotopic (exact) mass is 1900 g/mol. The van der Waals surface area contributed by atoms with E-state index in [9.17, 15) is 131 Å². The van der Waals surface area contributed by atoms with Gasteiger partial charge in [-0.3, -0.25) is 106 Å². The summed E-state index contributed by atoms with van der Waals surface area (Å²) in [5, 5.41) is 107. The molecule has 15 atom stereocenters. The molecule has 0 radical (unpaired) electrons. The maximum Gasteiger partial charge on any atom is 0.326 e. The van der Waals surface area contributed by atoms with E-state index in [4.69, 9.17) is 22.6 Å². The molecule has 51 nitrogen and oxygen atoms in total. The van der Waals surface area contributed by atoms with E-state index in [2.05, 4.69) is 90.1 Å². The van der Waals surface area contributed by atoms with Gasteiger partial charge in [0.05, 0.1) is 25.6 Å². The van der Waals surface area contributed by atoms with Crippen LogP contribution in [0.2, 0.25) is 0 Å². The zero-order chi connectivity index (χ0) is 99.9. The van der Waals surface area contributed by atoms with Crippen LogP contribution >= 0.6 is 0 Å². The normalized spacial score (nSPS) is 24.8. The number of aromatic nitrogens is 1. The van der Waals surface area contributed by atoms with Crippen LogP contribution in [0.4, 0.5) is 0 Å². The molecule has 0 spiro atoms. The van der Waals surface area contributed by atoms with Gasteiger partial charge in [0.15, 0.2) is 5.96 Å². The number of amides is 18. The van der Waals surface area contributed by atoms with E-state index < -0.39 is 311 Å². The van der Waals surface area contributed by atoms with Gasteiger partial charge in [-0.2, -0.15) is 0 Å². The number of H-pyrrole nitrogens is 1. The van der Waals surface area contributed by atoms with Gasteiger partial charge < -0.3 is 148 Å². The van der Waals surface area contributed by atoms with Gasteiger partial charge >= 0.3 is 23.9 Å². The summed E-state index contributed by atoms with van der Waals surface area (Å²) in [5.74, 6) is -26.1. The Morgan fingerprint density at radius 2 is 0.941 bits per heavy atom. The van der Waals surface area contributed by atoms with Crippen molar-refractivity contribution in [1.82, 2.24) is 99.9 Å². The van der Waals surface area contributed by atoms with Crippen LogP contribution in [0.25, 0.3) is 10.9 Å². The van der Waals surface area contributed by atoms with Gasteiger partial charge in [-0.1, -0.05) is 30.3 Å². The zero-order valence-corrected chi connectivity index (χ0v) is 74.7. The molecule has 3 aromatic rings. The number of rotatable bonds is 26. The van der Waals surface area contributed by atoms with Gasteiger partial charge in [0.1, 0.15) is 90.3 Å². The number of hydrogen-bond donors (Lipinski definition) is 27. The number of carboxylic acid groups (broad SMARTS) is 4. The second kappa shape index (κ2) is 54.3. The molecule has 0 unspecified atom stereocenters. The number of phenolic OH excluding ortho intramolecular Hbond substituents is 1. The van der Waals surface area contributed by atoms with Crippen LogP contribution in [0.3, 0.4) is 0 Å². The third kappa shape index (κ3) is 36.4. The lowest BCUT2D eigenvalue weighted by molar-refractivity contribution is -0.145. The van der Waals surface area contributed by atoms with E-state index in [-0.39, 0.29) is 103 Å². The molecule has 3 aliphatic heterocycles. The van der Waals surface area contributed by atoms with E-state index in [1.807, 2.05) is 0 Å². The van der Waals surface area contributed by atoms with Crippen molar-refractivity contribution >= 4 is 147 Å². The van der Waals surface area contributed by atoms with E-state index in [0.29, 0.717) is 28.5 Å². The number of carbonyl (C=O) groups excluding carboxylic acids is 18. The lowest BCUT2D eigenvalue weighted by atomic mass is 10.0. The van der Waals surface area contributed by atoms with Crippen LogP contribution in [-0.4, -0.2) is 318 Å². The highest BCUT2D eigenvalue weighted by atomic mass is 16.4. The third-order valence-electron chi connectivity index (χ3n) is 22.1. The lowest BCUT2D eigenvalue weighted by Crippen LogP contribution is -2.61. The predicted octanol–water partition coefficient (Wildman–Crippen LogP) is -8.25. The van der Waals surface area contributed by atoms with Crippen LogP contribution in [0, 0.1) is 5.41 Å². The molecular weight excluding hydrogens is 1780 g/mol. The van der Waals surface area contributed by atoms with Gasteiger partial charge in [-0.05, 0) is 147 Å². The summed E-state index contributed by atoms with van der Waals surface area (Å²) in [5.41, 5.74) is 18.1. The van der Waals surface area contributed by atoms with Crippen LogP contribution in [0.15, 0.2) is 54.7 Å². The van der Waals surface area contributed by atoms with Crippen molar-refractivity contribution in [1.29, 1.82) is 5.41 Å². The first kappa shape index (κ1) is 109. The molecule has 18 amide bonds. The highest BCUT2D eigenvalue weighted by Crippen LogP contribution is 2.25. The number of phenols is 1. The molecule has 1 aromatic heterocycles. The summed E-state index contributed by atoms with van der Waals surface area (Å²) < 4.78 is 0. The fraction of sp³-hybridized carbons (Fsp3) is 0.560. The Kier molecular flexibility index (Phi) is 43.9. The molecule has 6 rings (SSSR count). The molecule has 135 heavy (non-hydrogen) atoms. The number of aromatic amines is 1. The number of fused-ring (bicyclic) bond motifs is 3. The van der Waals surface area contributed by atoms with Crippen molar-refractivity contribution in [3.05, 3.63) is 65.9 Å². The number of aliphatic carboxylic acids is 4. The molecule has 30 N–H and O–H groups in total. The van der Waals surface area contributed by atoms with E-state index in [1.165, 1.54) is 36.1 Å². The molecule has 3 saturated heterocycles. The minimum absolute atomic E-state index is 0.000479. The number of nitrogens with two attached hydrogens (primary N) is 3. The number of guanidine groups is 1. The molecule has 3 aliphatic rings. The average molecular weight is 1900 g/mol. The smallest absolute Gasteiger partial charge is 0.326 e. The van der Waals surface area contributed by atoms with Crippen molar-refractivity contribution in [2.45, 2.75) is 253 Å². The third-order valence-corrected chi connectivity index (χ3v) is 22.1. The molecule has 51 heteroatoms. The lowest BCUT2D eigenvalue weighted by Gasteiger charge is -2.32. The Balaban J connectivity index is 1.32. The van der Waals surface area contributed by atoms with E-state index in [1.54, 1.807) is 30.5 Å². The number of para-hydroxylation sites is 1. The van der Waals surface area contributed by atoms with Gasteiger partial charge in [-0.25, -0.2) is 4.79 Å². The van der Waals surface area contributed by atoms with Gasteiger partial charge in [0.25, 0.3) is 0 Å². The van der Waals surface area contributed by atoms with Crippen molar-refractivity contribution in [2.24, 2.45) is 17.2 Å². The van der Waals surface area contributed by atoms with Crippen molar-refractivity contribution in [2.75, 3.05) is 45.8 Å². The molecule has 2 aromatic carbocycles. The fourth-order valence-electron chi connectivity index (χ4n) is 14.8. The number of carbonyl (C=O) groups is 22. The van der Waals surface area contributed by atoms with E-state index >= 15 is 4.79 Å². The highest BCUT2D eigenvalue weighted by Gasteiger charge is 2.44. The number of aliphatic hydroxyl groups is 1. The van der Waals surface area contributed by atoms with Crippen molar-refractivity contribution in [3.63, 3.8) is 0 Å². The van der Waals surface area contributed by atoms with Gasteiger partial charge in [-0.15, -0.1) is 0 Å². The second-order valence-electron chi connectivity index (χ2n) is 32.7. The number of primary amides is 1. The van der Waals surface area contributed by atoms with Crippen LogP contribution in [0.1, 0.15) is 160 Å². The first-order valence-electron chi connectivity index (χ1n) is 43.9. The maximum absolute atomic E-state index is 15.1. The summed E-state index contributed by atoms with van der Waals surface area (Å²) in [6, 6.07) is -11.6. The van der Waals surface area contributed by atoms with Gasteiger partial charge in [0.2, 0.25) is 106 Å². The molecular formula is C84H121N23O28. The predicted molar refractivity (Wildman–Crippen MR) is 471 cm³/mol. The molecule has 3 fully saturated rings. The molecule has 740 valence electrons. The summed E-state index contributed by atoms with van der Waals surface area (Å²) >= 11 is 0. The first-order chi connectivity index (χ1) is 63.9. The maximum atomic E-state index is 15.1. The molecule has 0 aliphatic carbocycles. The second-order valence-corrected chi connectivity index (χ2v) is 32.7. The van der Waals surface area contributed by atoms with Crippen molar-refractivity contribution < 1.29 is 136 Å². The number of benzene rings is 2. The average Bonchev–Trinajstić information content (AvgIpc) is 1.71. The first-order valence-corrected chi connectivity index (χ1v) is 43.9. The quantitative estimate of drug-likeness (QED) is 0.0202. The Morgan fingerprint density at radius 1 is 0.474 bits per heavy atom. The van der Waals surface area contributed by atoms with Crippen LogP contribution < -0.4 is 102 Å². The summed E-state index contributed by atoms with van der Waals surface area (Å²) in [6.45, 7) is 0.883. The summed E-state index contributed by atoms with van der Waals surface area (Å²) in [4.78, 5) is 307. The van der Waals surface area contributed by atoms with Crippen molar-refractivity contribution in [3.8, 4) is 5.75 Å². The summed E-state index contributed by atoms with van der Waals surface area (Å²) in [7, 11) is 0. The van der Waals surface area contributed by atoms with Crippen LogP contribution in [-0.2, 0) is 118 Å². The van der Waals surface area contributed by atoms with E-state index in [0.717, 1.165) is 18.7 Å². The number of aliphatic hydroxyl groups excluding tert-OH is 1. The molecule has 0 bridgehead atoms. The molecule has 4 heterocycles. The number of hydrogen-bond acceptors (Lipinski definition) is 26. The topological polar surface area (TPSA) is 814 Å². The number of nitrogens with zero attached hydrogens (tertiary/aromatic N) is 2. The molecule has 0 saturated carbocycles. The SMILES string of the molecule is C[C@@H]1NC(=O)CNC(=O)[C@H](CCC(=O)O)NC(=O)[C@@H]2CCCN2C(=O)[C@H]([C@@H](C)O)NC(=O)[C@H](CCC(=O)O)NC(=O)[C@H](CCCNC(=N)N)NC(=O)[C@H](CCC(N)=O)NC(=O)CNC(=O)CCCNC(=O)C[C@@H](C(=O)O)NC(=O)[C@H](Cc2ccc(O)cc2)NC(=O)[C@H](Cc2c[nH]c3ccccc23)NC(=O)[C@@H]2CCCN2C(=O)[C@H](CCCCN)NC(=O)[C@H](C)NC(=O)[C@H](CCC(=O)O)NC1=O. The Labute approximate surface area is 772 Å². The van der Waals surface area contributed by atoms with Crippen LogP contribution in [0.5, 0.6) is 5.75 Å². The largest absolute Gasteiger partial charge is 0.508 e. The standard InChI is InChI=1S/C84H121N23O28/c1-42-70(121)97-53(25-29-67(117)118)73(124)95-43(2)71(122)101-55(14-6-7-31-85)81(132)106-34-10-16-59(106)80(131)103-57(37-46-39-91-49-13-5-4-12-48(46)49)78(129)102-56(36-45-19-21-47(109)22-20-45)77(128)104-58(83(134)135)38-63(112)89-32-9-18-62(111)92-40-65(114)96-52(23-27-61(86)110)75(126)98-50(15-8-33-90-84(87)88)74(125)99-54(26-30-68(119)120)76(127)105-69(44(3)108)82(133)107-35-11-17-60(107)79(130)100-51(24-28-66(115)116)72(123)93-41-64(113)94-42/h4-5,12-13,19-22,39,42-44,50-60,69,91,108-109H,6-11,14-18,23-38,40-41,85H2,1-3H3,(H2,86,110)(H,89,112)(H,92,111)(H,93,123)(H,94,113)(H,95,124)(H,96,114)(H,97,121)(H,98,126)(H,99,125)(H,100,130)(H,101,122)(H,102,129)(H,103,131)(H,104,128)(H,105,127)(H,115,116)(H,117,118)(H,119,120)(H,134,135)(H4,87,88,90)/t42-,43-,44+,50-,51-,52-,53-,54-,55-,56-,57-,58-,59-,60-,69-/m0/s1. The highest BCUT2D eigenvalue weighted by molar-refractivity contribution is 6.02. The minimum Gasteiger partial charge on any atom is -0.508 e.